The van der Waals surface area contributed by atoms with Crippen LogP contribution in [-0.4, -0.2) is 22.5 Å². The van der Waals surface area contributed by atoms with E-state index in [0.29, 0.717) is 5.54 Å². The van der Waals surface area contributed by atoms with Crippen LogP contribution in [0.3, 0.4) is 0 Å². The Hall–Kier alpha value is -0.0400. The summed E-state index contributed by atoms with van der Waals surface area (Å²) < 4.78 is 0. The van der Waals surface area contributed by atoms with Crippen LogP contribution < -0.4 is 0 Å². The first-order chi connectivity index (χ1) is 7.38. The van der Waals surface area contributed by atoms with E-state index < -0.39 is 0 Å². The molecule has 2 aliphatic rings. The second-order valence-electron chi connectivity index (χ2n) is 7.43. The van der Waals surface area contributed by atoms with E-state index in [2.05, 4.69) is 39.5 Å². The molecule has 16 heavy (non-hydrogen) atoms. The molecule has 2 rings (SSSR count). The predicted molar refractivity (Wildman–Crippen MR) is 70.6 cm³/mol. The maximum atomic E-state index is 2.82. The Bertz CT molecular complexity index is 224. The van der Waals surface area contributed by atoms with E-state index in [9.17, 15) is 0 Å². The van der Waals surface area contributed by atoms with Crippen molar-refractivity contribution < 1.29 is 0 Å². The van der Waals surface area contributed by atoms with Gasteiger partial charge in [-0.05, 0) is 64.7 Å². The van der Waals surface area contributed by atoms with E-state index in [4.69, 9.17) is 0 Å². The van der Waals surface area contributed by atoms with Crippen LogP contribution in [0.25, 0.3) is 0 Å². The minimum atomic E-state index is 0.384. The van der Waals surface area contributed by atoms with Gasteiger partial charge in [0.25, 0.3) is 0 Å². The first-order valence-corrected chi connectivity index (χ1v) is 7.16. The molecule has 0 radical (unpaired) electrons. The summed E-state index contributed by atoms with van der Waals surface area (Å²) in [6.07, 6.45) is 7.29. The molecule has 2 unspecified atom stereocenters. The van der Waals surface area contributed by atoms with Crippen molar-refractivity contribution in [2.75, 3.05) is 0 Å². The average Bonchev–Trinajstić information content (AvgIpc) is 2.37. The third kappa shape index (κ3) is 2.45. The van der Waals surface area contributed by atoms with Gasteiger partial charge in [-0.3, -0.25) is 4.90 Å². The highest BCUT2D eigenvalue weighted by atomic mass is 15.3. The van der Waals surface area contributed by atoms with Crippen LogP contribution in [0.2, 0.25) is 0 Å². The molecule has 0 spiro atoms. The molecule has 0 saturated carbocycles. The molecule has 1 heteroatoms. The maximum Gasteiger partial charge on any atom is 0.0130 e. The van der Waals surface area contributed by atoms with E-state index in [1.165, 1.54) is 32.1 Å². The van der Waals surface area contributed by atoms with E-state index in [0.717, 1.165) is 23.9 Å². The normalized spacial score (nSPS) is 36.0. The largest absolute Gasteiger partial charge is 0.293 e. The summed E-state index contributed by atoms with van der Waals surface area (Å²) in [5.41, 5.74) is 0.384. The van der Waals surface area contributed by atoms with Crippen LogP contribution in [0.15, 0.2) is 0 Å². The summed E-state index contributed by atoms with van der Waals surface area (Å²) in [7, 11) is 0. The van der Waals surface area contributed by atoms with Gasteiger partial charge in [0.05, 0.1) is 0 Å². The zero-order valence-electron chi connectivity index (χ0n) is 11.8. The molecule has 0 aliphatic carbocycles. The summed E-state index contributed by atoms with van der Waals surface area (Å²) in [6.45, 7) is 11.9. The number of piperidine rings is 1. The summed E-state index contributed by atoms with van der Waals surface area (Å²) in [6, 6.07) is 1.78. The molecule has 2 bridgehead atoms. The highest BCUT2D eigenvalue weighted by Gasteiger charge is 2.44. The second kappa shape index (κ2) is 4.33. The minimum Gasteiger partial charge on any atom is -0.293 e. The third-order valence-electron chi connectivity index (χ3n) is 4.41. The van der Waals surface area contributed by atoms with Gasteiger partial charge in [-0.2, -0.15) is 0 Å². The molecule has 2 aliphatic heterocycles. The number of hydrogen-bond acceptors (Lipinski definition) is 1. The van der Waals surface area contributed by atoms with Gasteiger partial charge < -0.3 is 0 Å². The van der Waals surface area contributed by atoms with Crippen molar-refractivity contribution in [3.8, 4) is 0 Å². The van der Waals surface area contributed by atoms with Crippen LogP contribution in [-0.2, 0) is 0 Å². The van der Waals surface area contributed by atoms with Crippen molar-refractivity contribution in [2.45, 2.75) is 84.3 Å². The Labute approximate surface area is 102 Å². The highest BCUT2D eigenvalue weighted by Crippen LogP contribution is 2.44. The maximum absolute atomic E-state index is 2.82. The zero-order chi connectivity index (χ0) is 11.9. The topological polar surface area (TPSA) is 3.24 Å². The molecule has 2 atom stereocenters. The minimum absolute atomic E-state index is 0.384. The lowest BCUT2D eigenvalue weighted by molar-refractivity contribution is 0.0181. The lowest BCUT2D eigenvalue weighted by Gasteiger charge is -2.47. The number of nitrogens with zero attached hydrogens (tertiary/aromatic N) is 1. The van der Waals surface area contributed by atoms with Crippen LogP contribution in [0.1, 0.15) is 66.7 Å². The Balaban J connectivity index is 2.01. The Morgan fingerprint density at radius 1 is 1.06 bits per heavy atom. The predicted octanol–water partition coefficient (Wildman–Crippen LogP) is 4.07. The summed E-state index contributed by atoms with van der Waals surface area (Å²) in [5, 5.41) is 0. The highest BCUT2D eigenvalue weighted by molar-refractivity contribution is 4.99. The molecule has 2 fully saturated rings. The molecular weight excluding hydrogens is 194 g/mol. The Morgan fingerprint density at radius 3 is 1.94 bits per heavy atom. The molecule has 0 aromatic carbocycles. The van der Waals surface area contributed by atoms with Gasteiger partial charge in [-0.15, -0.1) is 0 Å². The fourth-order valence-electron chi connectivity index (χ4n) is 4.24. The fraction of sp³-hybridized carbons (Fsp3) is 1.00. The zero-order valence-corrected chi connectivity index (χ0v) is 11.8. The first kappa shape index (κ1) is 12.4. The fourth-order valence-corrected chi connectivity index (χ4v) is 4.24. The number of rotatable bonds is 2. The molecule has 0 aromatic rings. The van der Waals surface area contributed by atoms with Crippen molar-refractivity contribution in [2.24, 2.45) is 11.8 Å². The van der Waals surface area contributed by atoms with Gasteiger partial charge >= 0.3 is 0 Å². The van der Waals surface area contributed by atoms with E-state index in [1.54, 1.807) is 0 Å². The van der Waals surface area contributed by atoms with Crippen LogP contribution in [0.4, 0.5) is 0 Å². The lowest BCUT2D eigenvalue weighted by atomic mass is 9.82. The van der Waals surface area contributed by atoms with Crippen molar-refractivity contribution in [3.05, 3.63) is 0 Å². The quantitative estimate of drug-likeness (QED) is 0.682. The first-order valence-electron chi connectivity index (χ1n) is 7.16. The van der Waals surface area contributed by atoms with E-state index in [-0.39, 0.29) is 0 Å². The molecule has 0 amide bonds. The van der Waals surface area contributed by atoms with Crippen LogP contribution in [0.5, 0.6) is 0 Å². The van der Waals surface area contributed by atoms with Gasteiger partial charge in [0.2, 0.25) is 0 Å². The van der Waals surface area contributed by atoms with Gasteiger partial charge in [0.1, 0.15) is 0 Å². The van der Waals surface area contributed by atoms with Crippen molar-refractivity contribution in [3.63, 3.8) is 0 Å². The number of fused-ring (bicyclic) bond motifs is 2. The molecule has 94 valence electrons. The SMILES string of the molecule is CC(C)CC1CC2CCC(C1)N2C(C)(C)C. The average molecular weight is 223 g/mol. The Kier molecular flexibility index (Phi) is 3.36. The lowest BCUT2D eigenvalue weighted by Crippen LogP contribution is -2.52. The van der Waals surface area contributed by atoms with Crippen LogP contribution >= 0.6 is 0 Å². The van der Waals surface area contributed by atoms with Gasteiger partial charge in [-0.1, -0.05) is 13.8 Å². The molecule has 2 saturated heterocycles. The van der Waals surface area contributed by atoms with Gasteiger partial charge in [-0.25, -0.2) is 0 Å². The van der Waals surface area contributed by atoms with Crippen molar-refractivity contribution in [1.82, 2.24) is 4.90 Å². The summed E-state index contributed by atoms with van der Waals surface area (Å²) in [5.74, 6) is 1.89. The Morgan fingerprint density at radius 2 is 1.56 bits per heavy atom. The van der Waals surface area contributed by atoms with E-state index in [1.807, 2.05) is 0 Å². The van der Waals surface area contributed by atoms with Gasteiger partial charge in [0.15, 0.2) is 0 Å². The molecule has 0 N–H and O–H groups in total. The smallest absolute Gasteiger partial charge is 0.0130 e. The molecule has 2 heterocycles. The second-order valence-corrected chi connectivity index (χ2v) is 7.43. The number of hydrogen-bond donors (Lipinski definition) is 0. The van der Waals surface area contributed by atoms with Crippen LogP contribution in [0, 0.1) is 11.8 Å². The summed E-state index contributed by atoms with van der Waals surface area (Å²) >= 11 is 0. The van der Waals surface area contributed by atoms with E-state index >= 15 is 0 Å². The molecule has 0 aromatic heterocycles. The van der Waals surface area contributed by atoms with Crippen molar-refractivity contribution in [1.29, 1.82) is 0 Å². The third-order valence-corrected chi connectivity index (χ3v) is 4.41. The summed E-state index contributed by atoms with van der Waals surface area (Å²) in [4.78, 5) is 2.82. The van der Waals surface area contributed by atoms with Gasteiger partial charge in [0, 0.05) is 17.6 Å². The monoisotopic (exact) mass is 223 g/mol. The molecule has 1 nitrogen and oxygen atoms in total. The standard InChI is InChI=1S/C15H29N/c1-11(2)8-12-9-13-6-7-14(10-12)16(13)15(3,4)5/h11-14H,6-10H2,1-5H3. The van der Waals surface area contributed by atoms with Crippen molar-refractivity contribution >= 4 is 0 Å². The molecular formula is C15H29N.